The molecule has 6 nitrogen and oxygen atoms in total. The molecule has 0 aliphatic carbocycles. The SMILES string of the molecule is Cc1nnc(NCCc2ncn[nH]2)c2ccccc12. The number of fused-ring (bicyclic) bond motifs is 1. The number of nitrogens with one attached hydrogen (secondary N) is 2. The molecular formula is C13H14N6. The van der Waals surface area contributed by atoms with Crippen LogP contribution in [0.3, 0.4) is 0 Å². The van der Waals surface area contributed by atoms with Gasteiger partial charge in [-0.2, -0.15) is 10.2 Å². The van der Waals surface area contributed by atoms with Gasteiger partial charge in [0.05, 0.1) is 5.69 Å². The first-order valence-corrected chi connectivity index (χ1v) is 6.15. The molecule has 2 heterocycles. The first kappa shape index (κ1) is 11.6. The molecule has 0 unspecified atom stereocenters. The van der Waals surface area contributed by atoms with Crippen LogP contribution in [0, 0.1) is 6.92 Å². The van der Waals surface area contributed by atoms with E-state index in [2.05, 4.69) is 36.8 Å². The number of benzene rings is 1. The second-order valence-corrected chi connectivity index (χ2v) is 4.29. The Morgan fingerprint density at radius 3 is 2.79 bits per heavy atom. The second kappa shape index (κ2) is 5.01. The molecule has 2 aromatic heterocycles. The third kappa shape index (κ3) is 2.37. The molecule has 0 fully saturated rings. The van der Waals surface area contributed by atoms with Gasteiger partial charge in [0.2, 0.25) is 0 Å². The van der Waals surface area contributed by atoms with Crippen molar-refractivity contribution < 1.29 is 0 Å². The lowest BCUT2D eigenvalue weighted by Gasteiger charge is -2.08. The van der Waals surface area contributed by atoms with E-state index in [0.717, 1.165) is 41.1 Å². The van der Waals surface area contributed by atoms with E-state index in [-0.39, 0.29) is 0 Å². The van der Waals surface area contributed by atoms with Crippen molar-refractivity contribution in [1.82, 2.24) is 25.4 Å². The molecule has 0 spiro atoms. The average Bonchev–Trinajstić information content (AvgIpc) is 2.95. The summed E-state index contributed by atoms with van der Waals surface area (Å²) in [7, 11) is 0. The van der Waals surface area contributed by atoms with Gasteiger partial charge in [0.15, 0.2) is 5.82 Å². The van der Waals surface area contributed by atoms with Gasteiger partial charge >= 0.3 is 0 Å². The van der Waals surface area contributed by atoms with Crippen LogP contribution < -0.4 is 5.32 Å². The molecule has 3 rings (SSSR count). The molecule has 3 aromatic rings. The Hall–Kier alpha value is -2.50. The lowest BCUT2D eigenvalue weighted by atomic mass is 10.1. The maximum atomic E-state index is 4.22. The fraction of sp³-hybridized carbons (Fsp3) is 0.231. The van der Waals surface area contributed by atoms with Crippen LogP contribution in [0.4, 0.5) is 5.82 Å². The Bertz CT molecular complexity index is 677. The fourth-order valence-corrected chi connectivity index (χ4v) is 2.02. The van der Waals surface area contributed by atoms with Crippen LogP contribution in [0.15, 0.2) is 30.6 Å². The zero-order valence-corrected chi connectivity index (χ0v) is 10.6. The molecular weight excluding hydrogens is 240 g/mol. The van der Waals surface area contributed by atoms with Crippen molar-refractivity contribution in [3.8, 4) is 0 Å². The number of H-pyrrole nitrogens is 1. The molecule has 0 aliphatic heterocycles. The Kier molecular flexibility index (Phi) is 3.06. The minimum Gasteiger partial charge on any atom is -0.368 e. The van der Waals surface area contributed by atoms with Crippen LogP contribution in [0.5, 0.6) is 0 Å². The zero-order valence-electron chi connectivity index (χ0n) is 10.6. The maximum Gasteiger partial charge on any atom is 0.156 e. The lowest BCUT2D eigenvalue weighted by molar-refractivity contribution is 0.890. The summed E-state index contributed by atoms with van der Waals surface area (Å²) in [6.07, 6.45) is 2.28. The normalized spacial score (nSPS) is 10.8. The Morgan fingerprint density at radius 1 is 1.16 bits per heavy atom. The third-order valence-corrected chi connectivity index (χ3v) is 2.99. The summed E-state index contributed by atoms with van der Waals surface area (Å²) in [4.78, 5) is 4.08. The van der Waals surface area contributed by atoms with E-state index in [1.165, 1.54) is 6.33 Å². The van der Waals surface area contributed by atoms with Crippen LogP contribution in [-0.4, -0.2) is 31.9 Å². The van der Waals surface area contributed by atoms with Crippen LogP contribution in [-0.2, 0) is 6.42 Å². The van der Waals surface area contributed by atoms with E-state index in [1.807, 2.05) is 25.1 Å². The van der Waals surface area contributed by atoms with E-state index in [1.54, 1.807) is 0 Å². The first-order valence-electron chi connectivity index (χ1n) is 6.15. The molecule has 0 amide bonds. The number of aromatic nitrogens is 5. The van der Waals surface area contributed by atoms with Gasteiger partial charge < -0.3 is 5.32 Å². The third-order valence-electron chi connectivity index (χ3n) is 2.99. The minimum absolute atomic E-state index is 0.733. The van der Waals surface area contributed by atoms with Gasteiger partial charge in [0.1, 0.15) is 12.2 Å². The number of hydrogen-bond acceptors (Lipinski definition) is 5. The molecule has 6 heteroatoms. The summed E-state index contributed by atoms with van der Waals surface area (Å²) in [5.74, 6) is 1.66. The van der Waals surface area contributed by atoms with Gasteiger partial charge in [0, 0.05) is 23.7 Å². The molecule has 96 valence electrons. The molecule has 2 N–H and O–H groups in total. The summed E-state index contributed by atoms with van der Waals surface area (Å²) in [6.45, 7) is 2.70. The highest BCUT2D eigenvalue weighted by atomic mass is 15.2. The highest BCUT2D eigenvalue weighted by Crippen LogP contribution is 2.21. The number of hydrogen-bond donors (Lipinski definition) is 2. The van der Waals surface area contributed by atoms with Crippen LogP contribution in [0.1, 0.15) is 11.5 Å². The highest BCUT2D eigenvalue weighted by molar-refractivity contribution is 5.92. The molecule has 0 saturated carbocycles. The first-order chi connectivity index (χ1) is 9.34. The van der Waals surface area contributed by atoms with E-state index < -0.39 is 0 Å². The van der Waals surface area contributed by atoms with Crippen molar-refractivity contribution in [2.24, 2.45) is 0 Å². The number of aryl methyl sites for hydroxylation is 1. The molecule has 0 atom stereocenters. The minimum atomic E-state index is 0.733. The molecule has 1 aromatic carbocycles. The van der Waals surface area contributed by atoms with Crippen molar-refractivity contribution in [3.63, 3.8) is 0 Å². The van der Waals surface area contributed by atoms with E-state index in [0.29, 0.717) is 0 Å². The molecule has 19 heavy (non-hydrogen) atoms. The Morgan fingerprint density at radius 2 is 2.00 bits per heavy atom. The summed E-state index contributed by atoms with van der Waals surface area (Å²) >= 11 is 0. The van der Waals surface area contributed by atoms with Gasteiger partial charge in [-0.1, -0.05) is 24.3 Å². The van der Waals surface area contributed by atoms with Crippen LogP contribution in [0.25, 0.3) is 10.8 Å². The summed E-state index contributed by atoms with van der Waals surface area (Å²) in [5, 5.41) is 20.5. The van der Waals surface area contributed by atoms with Crippen LogP contribution in [0.2, 0.25) is 0 Å². The average molecular weight is 254 g/mol. The fourth-order valence-electron chi connectivity index (χ4n) is 2.02. The highest BCUT2D eigenvalue weighted by Gasteiger charge is 2.05. The Labute approximate surface area is 110 Å². The van der Waals surface area contributed by atoms with E-state index >= 15 is 0 Å². The van der Waals surface area contributed by atoms with Gasteiger partial charge in [-0.3, -0.25) is 5.10 Å². The number of nitrogens with zero attached hydrogens (tertiary/aromatic N) is 4. The quantitative estimate of drug-likeness (QED) is 0.741. The van der Waals surface area contributed by atoms with Crippen LogP contribution >= 0.6 is 0 Å². The number of anilines is 1. The maximum absolute atomic E-state index is 4.22. The lowest BCUT2D eigenvalue weighted by Crippen LogP contribution is -2.09. The van der Waals surface area contributed by atoms with E-state index in [9.17, 15) is 0 Å². The Balaban J connectivity index is 1.79. The van der Waals surface area contributed by atoms with Crippen molar-refractivity contribution in [2.45, 2.75) is 13.3 Å². The van der Waals surface area contributed by atoms with Crippen molar-refractivity contribution in [1.29, 1.82) is 0 Å². The van der Waals surface area contributed by atoms with Gasteiger partial charge in [-0.15, -0.1) is 5.10 Å². The predicted octanol–water partition coefficient (Wildman–Crippen LogP) is 1.71. The monoisotopic (exact) mass is 254 g/mol. The summed E-state index contributed by atoms with van der Waals surface area (Å²) in [5.41, 5.74) is 0.941. The summed E-state index contributed by atoms with van der Waals surface area (Å²) in [6, 6.07) is 8.12. The van der Waals surface area contributed by atoms with Crippen molar-refractivity contribution >= 4 is 16.6 Å². The van der Waals surface area contributed by atoms with E-state index in [4.69, 9.17) is 0 Å². The van der Waals surface area contributed by atoms with Crippen molar-refractivity contribution in [2.75, 3.05) is 11.9 Å². The van der Waals surface area contributed by atoms with Gasteiger partial charge in [0.25, 0.3) is 0 Å². The number of rotatable bonds is 4. The molecule has 0 saturated heterocycles. The van der Waals surface area contributed by atoms with Gasteiger partial charge in [-0.05, 0) is 6.92 Å². The predicted molar refractivity (Wildman–Crippen MR) is 72.9 cm³/mol. The topological polar surface area (TPSA) is 79.4 Å². The summed E-state index contributed by atoms with van der Waals surface area (Å²) < 4.78 is 0. The second-order valence-electron chi connectivity index (χ2n) is 4.29. The standard InChI is InChI=1S/C13H14N6/c1-9-10-4-2-3-5-11(10)13(19-17-9)14-7-6-12-15-8-16-18-12/h2-5,8H,6-7H2,1H3,(H,14,19)(H,15,16,18). The largest absolute Gasteiger partial charge is 0.368 e. The molecule has 0 radical (unpaired) electrons. The van der Waals surface area contributed by atoms with Gasteiger partial charge in [-0.25, -0.2) is 4.98 Å². The molecule has 0 aliphatic rings. The zero-order chi connectivity index (χ0) is 13.1. The number of aromatic amines is 1. The van der Waals surface area contributed by atoms with Crippen molar-refractivity contribution in [3.05, 3.63) is 42.1 Å². The smallest absolute Gasteiger partial charge is 0.156 e. The molecule has 0 bridgehead atoms.